The van der Waals surface area contributed by atoms with E-state index in [2.05, 4.69) is 9.72 Å². The first-order valence-corrected chi connectivity index (χ1v) is 2.70. The maximum atomic E-state index is 12.5. The van der Waals surface area contributed by atoms with Gasteiger partial charge in [-0.3, -0.25) is 0 Å². The maximum Gasteiger partial charge on any atom is 0.258 e. The van der Waals surface area contributed by atoms with Crippen LogP contribution in [0.15, 0.2) is 6.20 Å². The number of pyridine rings is 1. The molecule has 0 saturated heterocycles. The number of halogens is 3. The summed E-state index contributed by atoms with van der Waals surface area (Å²) in [5.41, 5.74) is 0. The Labute approximate surface area is 60.6 Å². The molecule has 0 bridgehead atoms. The Morgan fingerprint density at radius 2 is 2.00 bits per heavy atom. The molecule has 0 atom stereocenters. The van der Waals surface area contributed by atoms with E-state index in [9.17, 15) is 13.2 Å². The predicted molar refractivity (Wildman–Crippen MR) is 30.7 cm³/mol. The molecule has 0 amide bonds. The summed E-state index contributed by atoms with van der Waals surface area (Å²) in [6, 6.07) is 0. The second-order valence-electron chi connectivity index (χ2n) is 1.74. The molecule has 1 heterocycles. The average Bonchev–Trinajstić information content (AvgIpc) is 1.99. The number of rotatable bonds is 1. The smallest absolute Gasteiger partial charge is 0.258 e. The Hall–Kier alpha value is -1.26. The first kappa shape index (κ1) is 7.84. The third kappa shape index (κ3) is 1.26. The molecular weight excluding hydrogens is 159 g/mol. The van der Waals surface area contributed by atoms with E-state index in [0.29, 0.717) is 6.20 Å². The zero-order valence-corrected chi connectivity index (χ0v) is 5.57. The van der Waals surface area contributed by atoms with Crippen LogP contribution < -0.4 is 4.74 Å². The topological polar surface area (TPSA) is 22.1 Å². The van der Waals surface area contributed by atoms with E-state index in [1.165, 1.54) is 0 Å². The minimum atomic E-state index is -1.36. The van der Waals surface area contributed by atoms with Crippen LogP contribution in [0.3, 0.4) is 0 Å². The van der Waals surface area contributed by atoms with Crippen LogP contribution in [0.25, 0.3) is 0 Å². The third-order valence-corrected chi connectivity index (χ3v) is 1.09. The first-order valence-electron chi connectivity index (χ1n) is 2.70. The monoisotopic (exact) mass is 163 g/mol. The van der Waals surface area contributed by atoms with Crippen molar-refractivity contribution in [2.75, 3.05) is 7.11 Å². The van der Waals surface area contributed by atoms with Crippen LogP contribution >= 0.6 is 0 Å². The molecule has 5 heteroatoms. The van der Waals surface area contributed by atoms with E-state index in [0.717, 1.165) is 7.11 Å². The van der Waals surface area contributed by atoms with Crippen molar-refractivity contribution in [3.63, 3.8) is 0 Å². The van der Waals surface area contributed by atoms with E-state index in [1.807, 2.05) is 0 Å². The van der Waals surface area contributed by atoms with Gasteiger partial charge in [0.2, 0.25) is 11.6 Å². The van der Waals surface area contributed by atoms with Crippen molar-refractivity contribution in [2.24, 2.45) is 0 Å². The molecule has 0 aromatic carbocycles. The summed E-state index contributed by atoms with van der Waals surface area (Å²) in [7, 11) is 1.03. The van der Waals surface area contributed by atoms with Gasteiger partial charge in [0.05, 0.1) is 13.3 Å². The summed E-state index contributed by atoms with van der Waals surface area (Å²) < 4.78 is 41.3. The Morgan fingerprint density at radius 3 is 2.45 bits per heavy atom. The number of aromatic nitrogens is 1. The molecule has 1 rings (SSSR count). The molecule has 0 aliphatic carbocycles. The summed E-state index contributed by atoms with van der Waals surface area (Å²) >= 11 is 0. The SMILES string of the molecule is COc1c(F)ncc(F)c1F. The highest BCUT2D eigenvalue weighted by molar-refractivity contribution is 5.21. The van der Waals surface area contributed by atoms with Crippen molar-refractivity contribution >= 4 is 0 Å². The summed E-state index contributed by atoms with van der Waals surface area (Å²) in [4.78, 5) is 2.90. The van der Waals surface area contributed by atoms with Gasteiger partial charge >= 0.3 is 0 Å². The first-order chi connectivity index (χ1) is 5.16. The summed E-state index contributed by atoms with van der Waals surface area (Å²) in [5, 5.41) is 0. The normalized spacial score (nSPS) is 9.82. The lowest BCUT2D eigenvalue weighted by Crippen LogP contribution is -1.98. The predicted octanol–water partition coefficient (Wildman–Crippen LogP) is 1.51. The summed E-state index contributed by atoms with van der Waals surface area (Å²) in [6.45, 7) is 0. The fourth-order valence-electron chi connectivity index (χ4n) is 0.601. The highest BCUT2D eigenvalue weighted by atomic mass is 19.2. The van der Waals surface area contributed by atoms with E-state index >= 15 is 0 Å². The van der Waals surface area contributed by atoms with Gasteiger partial charge in [-0.2, -0.15) is 8.78 Å². The van der Waals surface area contributed by atoms with Gasteiger partial charge in [-0.25, -0.2) is 9.37 Å². The van der Waals surface area contributed by atoms with Crippen molar-refractivity contribution < 1.29 is 17.9 Å². The molecule has 0 saturated carbocycles. The highest BCUT2D eigenvalue weighted by Gasteiger charge is 2.14. The zero-order chi connectivity index (χ0) is 8.43. The fourth-order valence-corrected chi connectivity index (χ4v) is 0.601. The van der Waals surface area contributed by atoms with Crippen LogP contribution in [0.1, 0.15) is 0 Å². The minimum absolute atomic E-state index is 0.452. The van der Waals surface area contributed by atoms with Gasteiger partial charge < -0.3 is 4.74 Å². The lowest BCUT2D eigenvalue weighted by molar-refractivity contribution is 0.337. The van der Waals surface area contributed by atoms with Gasteiger partial charge in [0.15, 0.2) is 5.82 Å². The largest absolute Gasteiger partial charge is 0.490 e. The molecule has 0 radical (unpaired) electrons. The van der Waals surface area contributed by atoms with Crippen LogP contribution in [-0.4, -0.2) is 12.1 Å². The second kappa shape index (κ2) is 2.77. The molecular formula is C6H4F3NO. The standard InChI is InChI=1S/C6H4F3NO/c1-11-5-4(8)3(7)2-10-6(5)9/h2H,1H3. The highest BCUT2D eigenvalue weighted by Crippen LogP contribution is 2.20. The van der Waals surface area contributed by atoms with Crippen molar-refractivity contribution in [3.8, 4) is 5.75 Å². The molecule has 60 valence electrons. The quantitative estimate of drug-likeness (QED) is 0.585. The average molecular weight is 163 g/mol. The van der Waals surface area contributed by atoms with Crippen LogP contribution in [0.5, 0.6) is 5.75 Å². The minimum Gasteiger partial charge on any atom is -0.490 e. The molecule has 0 spiro atoms. The van der Waals surface area contributed by atoms with Crippen LogP contribution in [0.2, 0.25) is 0 Å². The molecule has 2 nitrogen and oxygen atoms in total. The maximum absolute atomic E-state index is 12.5. The number of hydrogen-bond donors (Lipinski definition) is 0. The van der Waals surface area contributed by atoms with Crippen LogP contribution in [0, 0.1) is 17.6 Å². The van der Waals surface area contributed by atoms with Gasteiger partial charge in [-0.15, -0.1) is 0 Å². The van der Waals surface area contributed by atoms with Crippen molar-refractivity contribution in [2.45, 2.75) is 0 Å². The zero-order valence-electron chi connectivity index (χ0n) is 5.57. The molecule has 0 fully saturated rings. The van der Waals surface area contributed by atoms with E-state index in [1.54, 1.807) is 0 Å². The Balaban J connectivity index is 3.29. The molecule has 0 N–H and O–H groups in total. The number of nitrogens with zero attached hydrogens (tertiary/aromatic N) is 1. The molecule has 1 aromatic rings. The van der Waals surface area contributed by atoms with E-state index in [4.69, 9.17) is 0 Å². The molecule has 0 aliphatic rings. The van der Waals surface area contributed by atoms with Gasteiger partial charge in [-0.1, -0.05) is 0 Å². The molecule has 0 aliphatic heterocycles. The Bertz CT molecular complexity index is 277. The lowest BCUT2D eigenvalue weighted by Gasteiger charge is -2.01. The molecule has 1 aromatic heterocycles. The van der Waals surface area contributed by atoms with Crippen molar-refractivity contribution in [3.05, 3.63) is 23.8 Å². The molecule has 0 unspecified atom stereocenters. The third-order valence-electron chi connectivity index (χ3n) is 1.09. The van der Waals surface area contributed by atoms with Crippen molar-refractivity contribution in [1.29, 1.82) is 0 Å². The molecule has 11 heavy (non-hydrogen) atoms. The van der Waals surface area contributed by atoms with Gasteiger partial charge in [0.1, 0.15) is 0 Å². The van der Waals surface area contributed by atoms with E-state index in [-0.39, 0.29) is 0 Å². The number of ether oxygens (including phenoxy) is 1. The fraction of sp³-hybridized carbons (Fsp3) is 0.167. The Kier molecular flexibility index (Phi) is 1.98. The van der Waals surface area contributed by atoms with Crippen molar-refractivity contribution in [1.82, 2.24) is 4.98 Å². The second-order valence-corrected chi connectivity index (χ2v) is 1.74. The van der Waals surface area contributed by atoms with Crippen LogP contribution in [-0.2, 0) is 0 Å². The summed E-state index contributed by atoms with van der Waals surface area (Å²) in [6.07, 6.45) is 0.452. The van der Waals surface area contributed by atoms with E-state index < -0.39 is 23.3 Å². The van der Waals surface area contributed by atoms with Gasteiger partial charge in [0.25, 0.3) is 5.95 Å². The number of methoxy groups -OCH3 is 1. The van der Waals surface area contributed by atoms with Crippen LogP contribution in [0.4, 0.5) is 13.2 Å². The summed E-state index contributed by atoms with van der Waals surface area (Å²) in [5.74, 6) is -4.56. The Morgan fingerprint density at radius 1 is 1.36 bits per heavy atom. The van der Waals surface area contributed by atoms with Gasteiger partial charge in [0, 0.05) is 0 Å². The number of hydrogen-bond acceptors (Lipinski definition) is 2. The van der Waals surface area contributed by atoms with Gasteiger partial charge in [-0.05, 0) is 0 Å². The lowest BCUT2D eigenvalue weighted by atomic mass is 10.4.